The SMILES string of the molecule is Cc1ccc2oc(-c3cccc(-c4ccc5ccc(-c6cccc(-c7nc8nc(C)ccc8o7)c6)nc5n4)c3)nc2n1. The molecule has 8 rings (SSSR count). The highest BCUT2D eigenvalue weighted by atomic mass is 16.4. The molecule has 8 heteroatoms. The molecule has 6 aromatic heterocycles. The van der Waals surface area contributed by atoms with Gasteiger partial charge in [0, 0.05) is 39.0 Å². The van der Waals surface area contributed by atoms with Crippen molar-refractivity contribution in [3.63, 3.8) is 0 Å². The molecule has 0 aliphatic heterocycles. The van der Waals surface area contributed by atoms with E-state index in [1.807, 2.05) is 111 Å². The van der Waals surface area contributed by atoms with Crippen molar-refractivity contribution in [2.75, 3.05) is 0 Å². The molecule has 0 aliphatic carbocycles. The second-order valence-corrected chi connectivity index (χ2v) is 10.2. The summed E-state index contributed by atoms with van der Waals surface area (Å²) in [7, 11) is 0. The number of hydrogen-bond donors (Lipinski definition) is 0. The van der Waals surface area contributed by atoms with E-state index in [0.29, 0.717) is 39.9 Å². The highest BCUT2D eigenvalue weighted by Crippen LogP contribution is 2.30. The van der Waals surface area contributed by atoms with E-state index in [1.165, 1.54) is 0 Å². The maximum atomic E-state index is 5.98. The van der Waals surface area contributed by atoms with Gasteiger partial charge in [0.2, 0.25) is 11.8 Å². The molecule has 0 bridgehead atoms. The molecular weight excluding hydrogens is 524 g/mol. The quantitative estimate of drug-likeness (QED) is 0.219. The standard InChI is InChI=1S/C34H22N6O2/c1-19-9-15-28-31(35-19)39-33(41-28)24-7-3-5-22(17-24)26-13-11-21-12-14-27(38-30(21)37-26)23-6-4-8-25(18-23)34-40-32-29(42-34)16-10-20(2)36-32/h3-18H,1-2H3. The summed E-state index contributed by atoms with van der Waals surface area (Å²) < 4.78 is 12.0. The Morgan fingerprint density at radius 2 is 0.905 bits per heavy atom. The maximum absolute atomic E-state index is 5.98. The highest BCUT2D eigenvalue weighted by molar-refractivity contribution is 5.83. The lowest BCUT2D eigenvalue weighted by molar-refractivity contribution is 0.619. The van der Waals surface area contributed by atoms with Crippen molar-refractivity contribution in [3.05, 3.63) is 108 Å². The first-order valence-electron chi connectivity index (χ1n) is 13.5. The van der Waals surface area contributed by atoms with Crippen LogP contribution in [0.1, 0.15) is 11.4 Å². The molecule has 6 heterocycles. The number of oxazole rings is 2. The molecule has 0 unspecified atom stereocenters. The van der Waals surface area contributed by atoms with Crippen LogP contribution < -0.4 is 0 Å². The van der Waals surface area contributed by atoms with Crippen molar-refractivity contribution in [1.29, 1.82) is 0 Å². The average molecular weight is 547 g/mol. The van der Waals surface area contributed by atoms with Crippen molar-refractivity contribution < 1.29 is 8.83 Å². The molecule has 2 aromatic carbocycles. The predicted octanol–water partition coefficient (Wildman–Crippen LogP) is 7.99. The largest absolute Gasteiger partial charge is 0.434 e. The minimum absolute atomic E-state index is 0.524. The smallest absolute Gasteiger partial charge is 0.228 e. The third-order valence-electron chi connectivity index (χ3n) is 7.15. The molecule has 0 saturated carbocycles. The van der Waals surface area contributed by atoms with Crippen LogP contribution >= 0.6 is 0 Å². The van der Waals surface area contributed by atoms with Gasteiger partial charge in [-0.15, -0.1) is 0 Å². The van der Waals surface area contributed by atoms with E-state index < -0.39 is 0 Å². The molecule has 8 nitrogen and oxygen atoms in total. The Balaban J connectivity index is 1.14. The van der Waals surface area contributed by atoms with Gasteiger partial charge in [0.05, 0.1) is 11.4 Å². The van der Waals surface area contributed by atoms with Crippen molar-refractivity contribution in [1.82, 2.24) is 29.9 Å². The molecule has 8 aromatic rings. The summed E-state index contributed by atoms with van der Waals surface area (Å²) in [6, 6.07) is 31.7. The summed E-state index contributed by atoms with van der Waals surface area (Å²) in [4.78, 5) is 28.0. The van der Waals surface area contributed by atoms with Crippen molar-refractivity contribution in [2.24, 2.45) is 0 Å². The van der Waals surface area contributed by atoms with E-state index >= 15 is 0 Å². The van der Waals surface area contributed by atoms with Gasteiger partial charge in [-0.25, -0.2) is 19.9 Å². The van der Waals surface area contributed by atoms with E-state index in [2.05, 4.69) is 19.9 Å². The second kappa shape index (κ2) is 9.42. The summed E-state index contributed by atoms with van der Waals surface area (Å²) in [5.74, 6) is 1.05. The molecule has 0 spiro atoms. The third-order valence-corrected chi connectivity index (χ3v) is 7.15. The number of pyridine rings is 4. The number of aryl methyl sites for hydroxylation is 2. The molecule has 0 amide bonds. The Hall–Kier alpha value is -5.76. The first kappa shape index (κ1) is 24.1. The minimum Gasteiger partial charge on any atom is -0.434 e. The van der Waals surface area contributed by atoms with E-state index in [0.717, 1.165) is 50.4 Å². The zero-order valence-electron chi connectivity index (χ0n) is 22.7. The monoisotopic (exact) mass is 546 g/mol. The van der Waals surface area contributed by atoms with E-state index in [4.69, 9.17) is 18.8 Å². The van der Waals surface area contributed by atoms with Crippen LogP contribution in [-0.2, 0) is 0 Å². The van der Waals surface area contributed by atoms with Gasteiger partial charge in [0.15, 0.2) is 28.1 Å². The van der Waals surface area contributed by atoms with Gasteiger partial charge in [-0.2, -0.15) is 9.97 Å². The summed E-state index contributed by atoms with van der Waals surface area (Å²) in [6.07, 6.45) is 0. The Morgan fingerprint density at radius 1 is 0.429 bits per heavy atom. The van der Waals surface area contributed by atoms with E-state index in [1.54, 1.807) is 0 Å². The van der Waals surface area contributed by atoms with Crippen molar-refractivity contribution >= 4 is 33.5 Å². The normalized spacial score (nSPS) is 11.6. The molecule has 0 saturated heterocycles. The molecule has 200 valence electrons. The summed E-state index contributed by atoms with van der Waals surface area (Å²) in [6.45, 7) is 3.87. The Morgan fingerprint density at radius 3 is 1.40 bits per heavy atom. The van der Waals surface area contributed by atoms with Crippen LogP contribution in [0.4, 0.5) is 0 Å². The highest BCUT2D eigenvalue weighted by Gasteiger charge is 2.13. The summed E-state index contributed by atoms with van der Waals surface area (Å²) in [5.41, 5.74) is 10.2. The zero-order chi connectivity index (χ0) is 28.2. The Bertz CT molecular complexity index is 2140. The molecule has 0 N–H and O–H groups in total. The Kier molecular flexibility index (Phi) is 5.40. The lowest BCUT2D eigenvalue weighted by atomic mass is 10.1. The number of rotatable bonds is 4. The van der Waals surface area contributed by atoms with Crippen LogP contribution in [0.15, 0.2) is 106 Å². The predicted molar refractivity (Wildman–Crippen MR) is 161 cm³/mol. The van der Waals surface area contributed by atoms with Gasteiger partial charge in [-0.05, 0) is 86.6 Å². The third kappa shape index (κ3) is 4.26. The van der Waals surface area contributed by atoms with E-state index in [-0.39, 0.29) is 0 Å². The molecule has 0 aliphatic rings. The molecule has 0 fully saturated rings. The fourth-order valence-electron chi connectivity index (χ4n) is 5.02. The van der Waals surface area contributed by atoms with Crippen LogP contribution in [0.25, 0.3) is 78.9 Å². The first-order chi connectivity index (χ1) is 20.6. The van der Waals surface area contributed by atoms with Crippen molar-refractivity contribution in [2.45, 2.75) is 13.8 Å². The van der Waals surface area contributed by atoms with Crippen molar-refractivity contribution in [3.8, 4) is 45.4 Å². The summed E-state index contributed by atoms with van der Waals surface area (Å²) in [5, 5.41) is 0.954. The number of fused-ring (bicyclic) bond motifs is 3. The van der Waals surface area contributed by atoms with Gasteiger partial charge in [0.25, 0.3) is 0 Å². The van der Waals surface area contributed by atoms with Crippen LogP contribution in [-0.4, -0.2) is 29.9 Å². The zero-order valence-corrected chi connectivity index (χ0v) is 22.7. The average Bonchev–Trinajstić information content (AvgIpc) is 3.64. The number of nitrogens with zero attached hydrogens (tertiary/aromatic N) is 6. The van der Waals surface area contributed by atoms with E-state index in [9.17, 15) is 0 Å². The first-order valence-corrected chi connectivity index (χ1v) is 13.5. The lowest BCUT2D eigenvalue weighted by Gasteiger charge is -2.07. The van der Waals surface area contributed by atoms with Gasteiger partial charge in [-0.1, -0.05) is 24.3 Å². The van der Waals surface area contributed by atoms with Gasteiger partial charge in [-0.3, -0.25) is 0 Å². The number of aromatic nitrogens is 6. The van der Waals surface area contributed by atoms with Crippen LogP contribution in [0, 0.1) is 13.8 Å². The second-order valence-electron chi connectivity index (χ2n) is 10.2. The number of hydrogen-bond acceptors (Lipinski definition) is 8. The fourth-order valence-corrected chi connectivity index (χ4v) is 5.02. The fraction of sp³-hybridized carbons (Fsp3) is 0.0588. The molecule has 0 radical (unpaired) electrons. The topological polar surface area (TPSA) is 104 Å². The van der Waals surface area contributed by atoms with Gasteiger partial charge < -0.3 is 8.83 Å². The van der Waals surface area contributed by atoms with Gasteiger partial charge in [0.1, 0.15) is 0 Å². The number of benzene rings is 2. The Labute approximate surface area is 239 Å². The maximum Gasteiger partial charge on any atom is 0.228 e. The van der Waals surface area contributed by atoms with Crippen LogP contribution in [0.2, 0.25) is 0 Å². The lowest BCUT2D eigenvalue weighted by Crippen LogP contribution is -1.91. The summed E-state index contributed by atoms with van der Waals surface area (Å²) >= 11 is 0. The van der Waals surface area contributed by atoms with Crippen LogP contribution in [0.3, 0.4) is 0 Å². The molecule has 0 atom stereocenters. The minimum atomic E-state index is 0.524. The molecule has 42 heavy (non-hydrogen) atoms. The van der Waals surface area contributed by atoms with Gasteiger partial charge >= 0.3 is 0 Å². The molecular formula is C34H22N6O2. The van der Waals surface area contributed by atoms with Crippen LogP contribution in [0.5, 0.6) is 0 Å².